The molecule has 0 radical (unpaired) electrons. The fraction of sp³-hybridized carbons (Fsp3) is 0.214. The van der Waals surface area contributed by atoms with E-state index in [0.29, 0.717) is 18.4 Å². The number of anilines is 2. The van der Waals surface area contributed by atoms with Crippen LogP contribution in [0, 0.1) is 0 Å². The maximum atomic E-state index is 11.1. The minimum absolute atomic E-state index is 0.250. The van der Waals surface area contributed by atoms with Gasteiger partial charge in [-0.05, 0) is 24.3 Å². The van der Waals surface area contributed by atoms with Crippen LogP contribution in [0.1, 0.15) is 22.5 Å². The summed E-state index contributed by atoms with van der Waals surface area (Å²) in [6.07, 6.45) is 0.860. The second kappa shape index (κ2) is 6.85. The average Bonchev–Trinajstić information content (AvgIpc) is 2.93. The van der Waals surface area contributed by atoms with Gasteiger partial charge in [-0.15, -0.1) is 11.3 Å². The Bertz CT molecular complexity index is 637. The number of hydrogen-bond acceptors (Lipinski definition) is 6. The Morgan fingerprint density at radius 1 is 1.33 bits per heavy atom. The number of nitrogens with zero attached hydrogens (tertiary/aromatic N) is 1. The molecule has 6 nitrogen and oxygen atoms in total. The lowest BCUT2D eigenvalue weighted by Crippen LogP contribution is -2.10. The first-order valence-electron chi connectivity index (χ1n) is 6.26. The number of ether oxygens (including phenoxy) is 1. The number of nitrogens with two attached hydrogens (primary N) is 1. The molecule has 0 aliphatic rings. The molecule has 0 unspecified atom stereocenters. The summed E-state index contributed by atoms with van der Waals surface area (Å²) in [7, 11) is 1.37. The lowest BCUT2D eigenvalue weighted by Gasteiger charge is -2.03. The zero-order valence-electron chi connectivity index (χ0n) is 11.5. The quantitative estimate of drug-likeness (QED) is 0.797. The predicted octanol–water partition coefficient (Wildman–Crippen LogP) is 2.09. The molecule has 3 N–H and O–H groups in total. The van der Waals surface area contributed by atoms with Gasteiger partial charge in [0, 0.05) is 23.1 Å². The summed E-state index contributed by atoms with van der Waals surface area (Å²) >= 11 is 1.45. The first kappa shape index (κ1) is 15.0. The summed E-state index contributed by atoms with van der Waals surface area (Å²) in [4.78, 5) is 26.4. The number of thiazole rings is 1. The van der Waals surface area contributed by atoms with Gasteiger partial charge in [0.05, 0.1) is 19.2 Å². The van der Waals surface area contributed by atoms with Crippen molar-refractivity contribution >= 4 is 34.0 Å². The minimum Gasteiger partial charge on any atom is -0.469 e. The molecular weight excluding hydrogens is 290 g/mol. The highest BCUT2D eigenvalue weighted by molar-refractivity contribution is 7.13. The van der Waals surface area contributed by atoms with Gasteiger partial charge in [0.25, 0.3) is 0 Å². The molecule has 1 heterocycles. The van der Waals surface area contributed by atoms with E-state index in [1.165, 1.54) is 18.4 Å². The van der Waals surface area contributed by atoms with Gasteiger partial charge in [0.2, 0.25) is 5.91 Å². The van der Waals surface area contributed by atoms with Gasteiger partial charge < -0.3 is 15.8 Å². The number of primary amides is 1. The monoisotopic (exact) mass is 305 g/mol. The molecule has 0 saturated carbocycles. The zero-order valence-corrected chi connectivity index (χ0v) is 12.3. The van der Waals surface area contributed by atoms with E-state index in [0.717, 1.165) is 16.5 Å². The van der Waals surface area contributed by atoms with Crippen LogP contribution in [0.5, 0.6) is 0 Å². The minimum atomic E-state index is -0.458. The number of aromatic nitrogens is 1. The number of nitrogens with one attached hydrogen (secondary N) is 1. The zero-order chi connectivity index (χ0) is 15.2. The lowest BCUT2D eigenvalue weighted by molar-refractivity contribution is -0.140. The lowest BCUT2D eigenvalue weighted by atomic mass is 10.2. The molecule has 2 aromatic rings. The Labute approximate surface area is 125 Å². The van der Waals surface area contributed by atoms with Crippen LogP contribution in [-0.4, -0.2) is 24.0 Å². The number of rotatable bonds is 6. The highest BCUT2D eigenvalue weighted by Crippen LogP contribution is 2.21. The van der Waals surface area contributed by atoms with E-state index in [1.54, 1.807) is 24.3 Å². The maximum Gasteiger partial charge on any atom is 0.305 e. The van der Waals surface area contributed by atoms with Gasteiger partial charge in [0.1, 0.15) is 0 Å². The van der Waals surface area contributed by atoms with Crippen LogP contribution < -0.4 is 11.1 Å². The predicted molar refractivity (Wildman–Crippen MR) is 80.7 cm³/mol. The fourth-order valence-corrected chi connectivity index (χ4v) is 2.42. The molecule has 0 fully saturated rings. The molecule has 0 aliphatic heterocycles. The fourth-order valence-electron chi connectivity index (χ4n) is 1.65. The molecule has 110 valence electrons. The third-order valence-corrected chi connectivity index (χ3v) is 3.59. The molecular formula is C14H15N3O3S. The Morgan fingerprint density at radius 2 is 2.05 bits per heavy atom. The van der Waals surface area contributed by atoms with Gasteiger partial charge in [-0.25, -0.2) is 4.98 Å². The number of aryl methyl sites for hydroxylation is 1. The summed E-state index contributed by atoms with van der Waals surface area (Å²) in [5.41, 5.74) is 7.29. The molecule has 0 bridgehead atoms. The van der Waals surface area contributed by atoms with Crippen molar-refractivity contribution in [2.75, 3.05) is 12.4 Å². The van der Waals surface area contributed by atoms with Crippen molar-refractivity contribution in [2.24, 2.45) is 5.73 Å². The molecule has 0 saturated heterocycles. The van der Waals surface area contributed by atoms with Crippen LogP contribution in [0.25, 0.3) is 0 Å². The van der Waals surface area contributed by atoms with Gasteiger partial charge in [0.15, 0.2) is 5.13 Å². The maximum absolute atomic E-state index is 11.1. The smallest absolute Gasteiger partial charge is 0.305 e. The van der Waals surface area contributed by atoms with E-state index >= 15 is 0 Å². The van der Waals surface area contributed by atoms with Crippen molar-refractivity contribution < 1.29 is 14.3 Å². The second-order valence-corrected chi connectivity index (χ2v) is 5.14. The van der Waals surface area contributed by atoms with Gasteiger partial charge in [-0.2, -0.15) is 0 Å². The highest BCUT2D eigenvalue weighted by Gasteiger charge is 2.06. The summed E-state index contributed by atoms with van der Waals surface area (Å²) in [5, 5.41) is 5.75. The number of benzene rings is 1. The Hall–Kier alpha value is -2.41. The molecule has 7 heteroatoms. The summed E-state index contributed by atoms with van der Waals surface area (Å²) < 4.78 is 4.59. The SMILES string of the molecule is COC(=O)CCc1csc(Nc2ccc(C(N)=O)cc2)n1. The molecule has 1 amide bonds. The molecule has 2 rings (SSSR count). The van der Waals surface area contributed by atoms with Crippen molar-refractivity contribution in [3.8, 4) is 0 Å². The number of carbonyl (C=O) groups excluding carboxylic acids is 2. The standard InChI is InChI=1S/C14H15N3O3S/c1-20-12(18)7-6-11-8-21-14(17-11)16-10-4-2-9(3-5-10)13(15)19/h2-5,8H,6-7H2,1H3,(H2,15,19)(H,16,17). The average molecular weight is 305 g/mol. The first-order chi connectivity index (χ1) is 10.1. The molecule has 0 spiro atoms. The number of hydrogen-bond donors (Lipinski definition) is 2. The van der Waals surface area contributed by atoms with Gasteiger partial charge in [-0.1, -0.05) is 0 Å². The molecule has 1 aromatic heterocycles. The van der Waals surface area contributed by atoms with E-state index in [4.69, 9.17) is 5.73 Å². The molecule has 1 aromatic carbocycles. The van der Waals surface area contributed by atoms with Crippen LogP contribution in [0.2, 0.25) is 0 Å². The normalized spacial score (nSPS) is 10.1. The first-order valence-corrected chi connectivity index (χ1v) is 7.14. The van der Waals surface area contributed by atoms with Crippen LogP contribution in [0.4, 0.5) is 10.8 Å². The number of esters is 1. The van der Waals surface area contributed by atoms with E-state index in [2.05, 4.69) is 15.0 Å². The molecule has 0 aliphatic carbocycles. The third kappa shape index (κ3) is 4.28. The Kier molecular flexibility index (Phi) is 4.89. The summed E-state index contributed by atoms with van der Waals surface area (Å²) in [6.45, 7) is 0. The Balaban J connectivity index is 1.95. The number of carbonyl (C=O) groups is 2. The van der Waals surface area contributed by atoms with Crippen molar-refractivity contribution in [3.05, 3.63) is 40.9 Å². The summed E-state index contributed by atoms with van der Waals surface area (Å²) in [6, 6.07) is 6.82. The van der Waals surface area contributed by atoms with Crippen LogP contribution >= 0.6 is 11.3 Å². The van der Waals surface area contributed by atoms with Gasteiger partial charge >= 0.3 is 5.97 Å². The summed E-state index contributed by atoms with van der Waals surface area (Å²) in [5.74, 6) is -0.708. The van der Waals surface area contributed by atoms with Crippen LogP contribution in [-0.2, 0) is 16.0 Å². The largest absolute Gasteiger partial charge is 0.469 e. The Morgan fingerprint density at radius 3 is 2.67 bits per heavy atom. The van der Waals surface area contributed by atoms with Crippen LogP contribution in [0.15, 0.2) is 29.6 Å². The highest BCUT2D eigenvalue weighted by atomic mass is 32.1. The second-order valence-electron chi connectivity index (χ2n) is 4.29. The van der Waals surface area contributed by atoms with E-state index in [9.17, 15) is 9.59 Å². The van der Waals surface area contributed by atoms with E-state index in [1.807, 2.05) is 5.38 Å². The number of methoxy groups -OCH3 is 1. The molecule has 21 heavy (non-hydrogen) atoms. The van der Waals surface area contributed by atoms with E-state index in [-0.39, 0.29) is 5.97 Å². The topological polar surface area (TPSA) is 94.3 Å². The van der Waals surface area contributed by atoms with E-state index < -0.39 is 5.91 Å². The van der Waals surface area contributed by atoms with Crippen molar-refractivity contribution in [2.45, 2.75) is 12.8 Å². The van der Waals surface area contributed by atoms with Crippen LogP contribution in [0.3, 0.4) is 0 Å². The third-order valence-electron chi connectivity index (χ3n) is 2.79. The van der Waals surface area contributed by atoms with Crippen molar-refractivity contribution in [1.29, 1.82) is 0 Å². The van der Waals surface area contributed by atoms with Gasteiger partial charge in [-0.3, -0.25) is 9.59 Å². The van der Waals surface area contributed by atoms with Crippen molar-refractivity contribution in [1.82, 2.24) is 4.98 Å². The molecule has 0 atom stereocenters. The van der Waals surface area contributed by atoms with Crippen molar-refractivity contribution in [3.63, 3.8) is 0 Å². The number of amides is 1.